The van der Waals surface area contributed by atoms with Gasteiger partial charge in [0.25, 0.3) is 0 Å². The smallest absolute Gasteiger partial charge is 0.306 e. The lowest BCUT2D eigenvalue weighted by atomic mass is 9.42. The van der Waals surface area contributed by atoms with Crippen molar-refractivity contribution >= 4 is 23.5 Å². The largest absolute Gasteiger partial charge is 0.455 e. The molecule has 202 valence electrons. The maximum atomic E-state index is 16.4. The highest BCUT2D eigenvalue weighted by Crippen LogP contribution is 2.71. The first-order chi connectivity index (χ1) is 16.9. The van der Waals surface area contributed by atoms with Crippen LogP contribution in [0.25, 0.3) is 0 Å². The van der Waals surface area contributed by atoms with Gasteiger partial charge in [0.2, 0.25) is 5.78 Å². The van der Waals surface area contributed by atoms with E-state index in [1.165, 1.54) is 0 Å². The fourth-order valence-electron chi connectivity index (χ4n) is 9.03. The van der Waals surface area contributed by atoms with E-state index in [2.05, 4.69) is 0 Å². The van der Waals surface area contributed by atoms with Gasteiger partial charge in [0, 0.05) is 42.4 Å². The van der Waals surface area contributed by atoms with Crippen LogP contribution >= 0.6 is 0 Å². The van der Waals surface area contributed by atoms with Crippen molar-refractivity contribution in [2.45, 2.75) is 110 Å². The fraction of sp³-hybridized carbons (Fsp3) is 0.857. The monoisotopic (exact) mass is 510 g/mol. The molecule has 0 unspecified atom stereocenters. The Balaban J connectivity index is 1.78. The first-order valence-electron chi connectivity index (χ1n) is 13.6. The van der Waals surface area contributed by atoms with E-state index in [-0.39, 0.29) is 49.2 Å². The maximum absolute atomic E-state index is 16.4. The molecule has 0 aromatic heterocycles. The minimum atomic E-state index is -1.58. The Morgan fingerprint density at radius 3 is 2.22 bits per heavy atom. The minimum absolute atomic E-state index is 0.0364. The van der Waals surface area contributed by atoms with E-state index in [1.54, 1.807) is 13.8 Å². The molecule has 0 radical (unpaired) electrons. The quantitative estimate of drug-likeness (QED) is 0.462. The molecule has 8 heteroatoms. The van der Waals surface area contributed by atoms with E-state index in [0.29, 0.717) is 32.1 Å². The highest BCUT2D eigenvalue weighted by atomic mass is 19.1. The highest BCUT2D eigenvalue weighted by Gasteiger charge is 2.75. The van der Waals surface area contributed by atoms with Crippen LogP contribution in [0, 0.1) is 34.5 Å². The maximum Gasteiger partial charge on any atom is 0.306 e. The summed E-state index contributed by atoms with van der Waals surface area (Å²) in [5, 5.41) is 0. The summed E-state index contributed by atoms with van der Waals surface area (Å²) in [6.45, 7) is 7.78. The third-order valence-electron chi connectivity index (χ3n) is 10.8. The third-order valence-corrected chi connectivity index (χ3v) is 10.8. The fourth-order valence-corrected chi connectivity index (χ4v) is 9.03. The third kappa shape index (κ3) is 3.44. The van der Waals surface area contributed by atoms with Crippen LogP contribution in [0.15, 0.2) is 0 Å². The van der Waals surface area contributed by atoms with Crippen LogP contribution < -0.4 is 0 Å². The van der Waals surface area contributed by atoms with Gasteiger partial charge >= 0.3 is 11.9 Å². The summed E-state index contributed by atoms with van der Waals surface area (Å²) in [5.74, 6) is -2.63. The van der Waals surface area contributed by atoms with E-state index in [4.69, 9.17) is 9.47 Å². The molecule has 4 rings (SSSR count). The predicted octanol–water partition coefficient (Wildman–Crippen LogP) is 5.10. The molecule has 0 saturated heterocycles. The Labute approximate surface area is 212 Å². The lowest BCUT2D eigenvalue weighted by molar-refractivity contribution is -0.252. The number of hydrogen-bond acceptors (Lipinski definition) is 6. The summed E-state index contributed by atoms with van der Waals surface area (Å²) >= 11 is 0. The molecule has 0 aromatic carbocycles. The van der Waals surface area contributed by atoms with Gasteiger partial charge in [-0.2, -0.15) is 0 Å². The van der Waals surface area contributed by atoms with Gasteiger partial charge in [-0.25, -0.2) is 8.78 Å². The molecule has 9 atom stereocenters. The Bertz CT molecular complexity index is 952. The van der Waals surface area contributed by atoms with Crippen molar-refractivity contribution in [1.82, 2.24) is 0 Å². The molecule has 0 amide bonds. The van der Waals surface area contributed by atoms with E-state index < -0.39 is 58.5 Å². The Kier molecular flexibility index (Phi) is 6.91. The normalized spacial score (nSPS) is 45.8. The molecular formula is C28H40F2O6. The molecule has 36 heavy (non-hydrogen) atoms. The zero-order valence-electron chi connectivity index (χ0n) is 22.2. The first kappa shape index (κ1) is 27.2. The number of Topliss-reactive ketones (excluding diaryl/α,β-unsaturated/α-hetero) is 2. The average Bonchev–Trinajstić information content (AvgIpc) is 3.07. The number of alkyl halides is 2. The summed E-state index contributed by atoms with van der Waals surface area (Å²) in [4.78, 5) is 50.7. The van der Waals surface area contributed by atoms with Gasteiger partial charge < -0.3 is 9.47 Å². The van der Waals surface area contributed by atoms with E-state index in [9.17, 15) is 23.6 Å². The summed E-state index contributed by atoms with van der Waals surface area (Å²) in [7, 11) is 0. The van der Waals surface area contributed by atoms with Crippen molar-refractivity contribution in [2.75, 3.05) is 6.67 Å². The molecule has 4 fully saturated rings. The van der Waals surface area contributed by atoms with Gasteiger partial charge in [-0.3, -0.25) is 19.2 Å². The number of carbonyl (C=O) groups is 4. The lowest BCUT2D eigenvalue weighted by Crippen LogP contribution is -2.69. The standard InChI is InChI=1S/C28H40F2O6/c1-6-23(33)35-27-14-17(31)8-10-25(27,4)19-9-11-26(5)20(18(19)13-21(27)30)12-16(3)28(26,22(32)15-29)36-24(34)7-2/h16,18-21H,6-15H2,1-5H3/t16-,18+,19-,20-,21+,25+,26-,27-,28+/m0/s1. The number of ether oxygens (including phenoxy) is 2. The summed E-state index contributed by atoms with van der Waals surface area (Å²) in [6, 6.07) is 0. The Hall–Kier alpha value is -1.86. The predicted molar refractivity (Wildman–Crippen MR) is 127 cm³/mol. The molecule has 0 spiro atoms. The average molecular weight is 511 g/mol. The number of esters is 2. The van der Waals surface area contributed by atoms with Crippen LogP contribution in [0.2, 0.25) is 0 Å². The molecule has 4 aliphatic rings. The van der Waals surface area contributed by atoms with Crippen molar-refractivity contribution in [3.63, 3.8) is 0 Å². The van der Waals surface area contributed by atoms with Crippen LogP contribution in [0.5, 0.6) is 0 Å². The van der Waals surface area contributed by atoms with Crippen molar-refractivity contribution < 1.29 is 37.4 Å². The van der Waals surface area contributed by atoms with Gasteiger partial charge in [-0.1, -0.05) is 34.6 Å². The van der Waals surface area contributed by atoms with Gasteiger partial charge in [-0.05, 0) is 49.9 Å². The molecule has 0 heterocycles. The molecule has 0 aliphatic heterocycles. The van der Waals surface area contributed by atoms with Crippen LogP contribution in [0.1, 0.15) is 92.4 Å². The number of hydrogen-bond donors (Lipinski definition) is 0. The summed E-state index contributed by atoms with van der Waals surface area (Å²) in [5.41, 5.74) is -4.64. The first-order valence-corrected chi connectivity index (χ1v) is 13.6. The molecule has 0 bridgehead atoms. The molecule has 0 N–H and O–H groups in total. The van der Waals surface area contributed by atoms with Crippen LogP contribution in [-0.4, -0.2) is 47.6 Å². The van der Waals surface area contributed by atoms with Gasteiger partial charge in [0.1, 0.15) is 12.0 Å². The van der Waals surface area contributed by atoms with Gasteiger partial charge in [0.05, 0.1) is 0 Å². The number of halogens is 2. The molecule has 4 saturated carbocycles. The van der Waals surface area contributed by atoms with Crippen molar-refractivity contribution in [3.05, 3.63) is 0 Å². The van der Waals surface area contributed by atoms with E-state index in [1.807, 2.05) is 20.8 Å². The minimum Gasteiger partial charge on any atom is -0.455 e. The van der Waals surface area contributed by atoms with Gasteiger partial charge in [-0.15, -0.1) is 0 Å². The number of fused-ring (bicyclic) bond motifs is 5. The van der Waals surface area contributed by atoms with E-state index in [0.717, 1.165) is 0 Å². The Morgan fingerprint density at radius 2 is 1.61 bits per heavy atom. The molecule has 6 nitrogen and oxygen atoms in total. The number of carbonyl (C=O) groups excluding carboxylic acids is 4. The van der Waals surface area contributed by atoms with Gasteiger partial charge in [0.15, 0.2) is 17.9 Å². The second-order valence-electron chi connectivity index (χ2n) is 12.1. The van der Waals surface area contributed by atoms with Crippen LogP contribution in [-0.2, 0) is 28.7 Å². The highest BCUT2D eigenvalue weighted by molar-refractivity contribution is 5.92. The Morgan fingerprint density at radius 1 is 0.972 bits per heavy atom. The SMILES string of the molecule is CCC(=O)O[C@]12CC(=O)CC[C@]1(C)[C@H]1CC[C@@]3(C)[C@@H](C[C@H](C)[C@@]3(OC(=O)CC)C(=O)CF)[C@@H]1C[C@H]2F. The van der Waals surface area contributed by atoms with Crippen LogP contribution in [0.4, 0.5) is 8.78 Å². The van der Waals surface area contributed by atoms with Crippen molar-refractivity contribution in [1.29, 1.82) is 0 Å². The molecular weight excluding hydrogens is 470 g/mol. The van der Waals surface area contributed by atoms with E-state index >= 15 is 4.39 Å². The zero-order valence-corrected chi connectivity index (χ0v) is 22.2. The zero-order chi connectivity index (χ0) is 26.7. The van der Waals surface area contributed by atoms with Crippen LogP contribution in [0.3, 0.4) is 0 Å². The second-order valence-corrected chi connectivity index (χ2v) is 12.1. The topological polar surface area (TPSA) is 86.7 Å². The van der Waals surface area contributed by atoms with Crippen molar-refractivity contribution in [3.8, 4) is 0 Å². The number of ketones is 2. The molecule has 4 aliphatic carbocycles. The summed E-state index contributed by atoms with van der Waals surface area (Å²) in [6.07, 6.45) is 0.984. The van der Waals surface area contributed by atoms with Crippen molar-refractivity contribution in [2.24, 2.45) is 34.5 Å². The second kappa shape index (κ2) is 9.16. The molecule has 0 aromatic rings. The summed E-state index contributed by atoms with van der Waals surface area (Å²) < 4.78 is 42.1. The lowest BCUT2D eigenvalue weighted by Gasteiger charge is -2.65. The number of rotatable bonds is 6.